The SMILES string of the molecule is CCOC(=O)[C@H](O)C(S)C(=O)N[C@@H](Cc1ccc(O)cc1)C(=O)O. The summed E-state index contributed by atoms with van der Waals surface area (Å²) < 4.78 is 4.58. The van der Waals surface area contributed by atoms with Crippen molar-refractivity contribution in [3.8, 4) is 5.75 Å². The maximum absolute atomic E-state index is 12.0. The third-order valence-electron chi connectivity index (χ3n) is 3.09. The molecule has 4 N–H and O–H groups in total. The second-order valence-corrected chi connectivity index (χ2v) is 5.47. The summed E-state index contributed by atoms with van der Waals surface area (Å²) in [6, 6.07) is 4.53. The highest BCUT2D eigenvalue weighted by Gasteiger charge is 2.32. The molecular formula is C15H19NO7S. The minimum atomic E-state index is -1.81. The first kappa shape index (κ1) is 19.8. The van der Waals surface area contributed by atoms with Crippen LogP contribution in [0.4, 0.5) is 0 Å². The van der Waals surface area contributed by atoms with Gasteiger partial charge in [-0.2, -0.15) is 12.6 Å². The number of amides is 1. The van der Waals surface area contributed by atoms with E-state index in [1.165, 1.54) is 31.2 Å². The average Bonchev–Trinajstić information content (AvgIpc) is 2.54. The number of aliphatic hydroxyl groups is 1. The molecule has 3 atom stereocenters. The van der Waals surface area contributed by atoms with Gasteiger partial charge < -0.3 is 25.4 Å². The fourth-order valence-electron chi connectivity index (χ4n) is 1.82. The largest absolute Gasteiger partial charge is 0.508 e. The van der Waals surface area contributed by atoms with Crippen molar-refractivity contribution in [1.29, 1.82) is 0 Å². The number of aliphatic hydroxyl groups excluding tert-OH is 1. The minimum Gasteiger partial charge on any atom is -0.508 e. The van der Waals surface area contributed by atoms with E-state index in [1.807, 2.05) is 0 Å². The average molecular weight is 357 g/mol. The summed E-state index contributed by atoms with van der Waals surface area (Å²) in [5.74, 6) is -3.19. The Bertz CT molecular complexity index is 590. The number of phenolic OH excluding ortho intramolecular Hbond substituents is 1. The van der Waals surface area contributed by atoms with Crippen LogP contribution in [0.25, 0.3) is 0 Å². The molecule has 0 radical (unpaired) electrons. The van der Waals surface area contributed by atoms with Crippen LogP contribution in [0.5, 0.6) is 5.75 Å². The van der Waals surface area contributed by atoms with E-state index in [0.29, 0.717) is 5.56 Å². The van der Waals surface area contributed by atoms with Crippen LogP contribution in [-0.4, -0.2) is 57.2 Å². The summed E-state index contributed by atoms with van der Waals surface area (Å²) in [7, 11) is 0. The number of aromatic hydroxyl groups is 1. The molecule has 1 aromatic carbocycles. The van der Waals surface area contributed by atoms with Crippen molar-refractivity contribution >= 4 is 30.5 Å². The first-order valence-electron chi connectivity index (χ1n) is 7.10. The van der Waals surface area contributed by atoms with Crippen LogP contribution in [0.2, 0.25) is 0 Å². The Morgan fingerprint density at radius 3 is 2.33 bits per heavy atom. The van der Waals surface area contributed by atoms with E-state index >= 15 is 0 Å². The van der Waals surface area contributed by atoms with E-state index in [2.05, 4.69) is 22.7 Å². The van der Waals surface area contributed by atoms with E-state index < -0.39 is 35.2 Å². The van der Waals surface area contributed by atoms with Crippen LogP contribution in [0.3, 0.4) is 0 Å². The summed E-state index contributed by atoms with van der Waals surface area (Å²) in [5, 5.41) is 28.8. The second-order valence-electron chi connectivity index (χ2n) is 4.91. The van der Waals surface area contributed by atoms with Gasteiger partial charge in [-0.05, 0) is 24.6 Å². The number of carbonyl (C=O) groups excluding carboxylic acids is 2. The number of aliphatic carboxylic acids is 1. The quantitative estimate of drug-likeness (QED) is 0.319. The zero-order valence-electron chi connectivity index (χ0n) is 12.9. The Hall–Kier alpha value is -2.26. The van der Waals surface area contributed by atoms with Gasteiger partial charge >= 0.3 is 11.9 Å². The number of nitrogens with one attached hydrogen (secondary N) is 1. The minimum absolute atomic E-state index is 0.0244. The normalized spacial score (nSPS) is 14.3. The number of thiol groups is 1. The number of hydrogen-bond acceptors (Lipinski definition) is 7. The lowest BCUT2D eigenvalue weighted by atomic mass is 10.1. The van der Waals surface area contributed by atoms with Crippen LogP contribution >= 0.6 is 12.6 Å². The molecule has 9 heteroatoms. The summed E-state index contributed by atoms with van der Waals surface area (Å²) >= 11 is 3.85. The highest BCUT2D eigenvalue weighted by Crippen LogP contribution is 2.12. The fraction of sp³-hybridized carbons (Fsp3) is 0.400. The lowest BCUT2D eigenvalue weighted by molar-refractivity contribution is -0.154. The Kier molecular flexibility index (Phi) is 7.53. The maximum atomic E-state index is 12.0. The van der Waals surface area contributed by atoms with Gasteiger partial charge in [0, 0.05) is 6.42 Å². The summed E-state index contributed by atoms with van der Waals surface area (Å²) in [6.07, 6.45) is -1.85. The van der Waals surface area contributed by atoms with Crippen LogP contribution in [0, 0.1) is 0 Å². The van der Waals surface area contributed by atoms with E-state index in [-0.39, 0.29) is 18.8 Å². The van der Waals surface area contributed by atoms with Crippen LogP contribution in [-0.2, 0) is 25.5 Å². The second kappa shape index (κ2) is 9.14. The molecule has 1 amide bonds. The summed E-state index contributed by atoms with van der Waals surface area (Å²) in [6.45, 7) is 1.56. The van der Waals surface area contributed by atoms with Gasteiger partial charge in [0.25, 0.3) is 0 Å². The molecular weight excluding hydrogens is 338 g/mol. The third kappa shape index (κ3) is 5.74. The van der Waals surface area contributed by atoms with Crippen molar-refractivity contribution in [1.82, 2.24) is 5.32 Å². The van der Waals surface area contributed by atoms with Crippen molar-refractivity contribution in [3.63, 3.8) is 0 Å². The number of carbonyl (C=O) groups is 3. The van der Waals surface area contributed by atoms with Crippen LogP contribution in [0.15, 0.2) is 24.3 Å². The Labute approximate surface area is 143 Å². The first-order valence-corrected chi connectivity index (χ1v) is 7.61. The van der Waals surface area contributed by atoms with Crippen molar-refractivity contribution in [2.75, 3.05) is 6.61 Å². The molecule has 0 saturated carbocycles. The predicted octanol–water partition coefficient (Wildman–Crippen LogP) is -0.274. The van der Waals surface area contributed by atoms with E-state index in [0.717, 1.165) is 0 Å². The highest BCUT2D eigenvalue weighted by atomic mass is 32.1. The molecule has 0 heterocycles. The van der Waals surface area contributed by atoms with Gasteiger partial charge in [0.1, 0.15) is 17.0 Å². The first-order chi connectivity index (χ1) is 11.3. The lowest BCUT2D eigenvalue weighted by Crippen LogP contribution is -2.49. The molecule has 0 bridgehead atoms. The van der Waals surface area contributed by atoms with Gasteiger partial charge in [0.15, 0.2) is 6.10 Å². The van der Waals surface area contributed by atoms with E-state index in [9.17, 15) is 29.7 Å². The molecule has 0 fully saturated rings. The molecule has 0 saturated heterocycles. The van der Waals surface area contributed by atoms with Gasteiger partial charge in [-0.1, -0.05) is 12.1 Å². The standard InChI is InChI=1S/C15H19NO7S/c1-2-23-15(22)11(18)12(24)13(19)16-10(14(20)21)7-8-3-5-9(17)6-4-8/h3-6,10-12,17-18,24H,2,7H2,1H3,(H,16,19)(H,20,21)/t10-,11+,12?/m0/s1. The lowest BCUT2D eigenvalue weighted by Gasteiger charge is -2.20. The Morgan fingerprint density at radius 2 is 1.83 bits per heavy atom. The molecule has 132 valence electrons. The molecule has 0 aliphatic heterocycles. The van der Waals surface area contributed by atoms with Crippen LogP contribution < -0.4 is 5.32 Å². The van der Waals surface area contributed by atoms with E-state index in [1.54, 1.807) is 0 Å². The topological polar surface area (TPSA) is 133 Å². The number of rotatable bonds is 8. The van der Waals surface area contributed by atoms with Crippen molar-refractivity contribution in [3.05, 3.63) is 29.8 Å². The summed E-state index contributed by atoms with van der Waals surface area (Å²) in [4.78, 5) is 34.7. The molecule has 8 nitrogen and oxygen atoms in total. The number of benzene rings is 1. The zero-order valence-corrected chi connectivity index (χ0v) is 13.8. The van der Waals surface area contributed by atoms with Crippen molar-refractivity contribution in [2.45, 2.75) is 30.7 Å². The maximum Gasteiger partial charge on any atom is 0.336 e. The van der Waals surface area contributed by atoms with Crippen LogP contribution in [0.1, 0.15) is 12.5 Å². The van der Waals surface area contributed by atoms with Gasteiger partial charge in [0.05, 0.1) is 6.61 Å². The van der Waals surface area contributed by atoms with Crippen molar-refractivity contribution in [2.24, 2.45) is 0 Å². The van der Waals surface area contributed by atoms with Gasteiger partial charge in [-0.25, -0.2) is 9.59 Å². The molecule has 0 aromatic heterocycles. The smallest absolute Gasteiger partial charge is 0.336 e. The number of ether oxygens (including phenoxy) is 1. The molecule has 0 aliphatic carbocycles. The molecule has 1 rings (SSSR count). The van der Waals surface area contributed by atoms with Crippen molar-refractivity contribution < 1.29 is 34.4 Å². The van der Waals surface area contributed by atoms with Gasteiger partial charge in [0.2, 0.25) is 5.91 Å². The molecule has 1 unspecified atom stereocenters. The fourth-order valence-corrected chi connectivity index (χ4v) is 2.02. The molecule has 0 aliphatic rings. The highest BCUT2D eigenvalue weighted by molar-refractivity contribution is 7.81. The molecule has 24 heavy (non-hydrogen) atoms. The summed E-state index contributed by atoms with van der Waals surface area (Å²) in [5.41, 5.74) is 0.571. The molecule has 1 aromatic rings. The third-order valence-corrected chi connectivity index (χ3v) is 3.60. The zero-order chi connectivity index (χ0) is 18.3. The number of carboxylic acids is 1. The van der Waals surface area contributed by atoms with Gasteiger partial charge in [-0.15, -0.1) is 0 Å². The van der Waals surface area contributed by atoms with E-state index in [4.69, 9.17) is 0 Å². The Balaban J connectivity index is 2.73. The number of phenols is 1. The monoisotopic (exact) mass is 357 g/mol. The molecule has 0 spiro atoms. The Morgan fingerprint density at radius 1 is 1.25 bits per heavy atom. The number of carboxylic acid groups (broad SMARTS) is 1. The van der Waals surface area contributed by atoms with Gasteiger partial charge in [-0.3, -0.25) is 4.79 Å². The number of esters is 1. The number of hydrogen-bond donors (Lipinski definition) is 5. The predicted molar refractivity (Wildman–Crippen MR) is 86.8 cm³/mol.